The fourth-order valence-electron chi connectivity index (χ4n) is 3.66. The number of aryl methyl sites for hydroxylation is 1. The van der Waals surface area contributed by atoms with Gasteiger partial charge >= 0.3 is 0 Å². The zero-order chi connectivity index (χ0) is 18.0. The van der Waals surface area contributed by atoms with Crippen molar-refractivity contribution in [1.82, 2.24) is 9.97 Å². The van der Waals surface area contributed by atoms with E-state index >= 15 is 0 Å². The minimum Gasteiger partial charge on any atom is -0.456 e. The van der Waals surface area contributed by atoms with E-state index < -0.39 is 0 Å². The molecule has 0 bridgehead atoms. The van der Waals surface area contributed by atoms with Crippen molar-refractivity contribution in [1.29, 1.82) is 0 Å². The molecule has 0 atom stereocenters. The molecule has 0 aliphatic carbocycles. The summed E-state index contributed by atoms with van der Waals surface area (Å²) in [6.45, 7) is 1.97. The number of fused-ring (bicyclic) bond motifs is 6. The van der Waals surface area contributed by atoms with Crippen LogP contribution in [0.25, 0.3) is 55.4 Å². The highest BCUT2D eigenvalue weighted by Gasteiger charge is 2.13. The van der Waals surface area contributed by atoms with Crippen molar-refractivity contribution in [3.63, 3.8) is 0 Å². The Morgan fingerprint density at radius 3 is 2.26 bits per heavy atom. The minimum absolute atomic E-state index is 0.752. The molecule has 128 valence electrons. The molecule has 6 rings (SSSR count). The van der Waals surface area contributed by atoms with Gasteiger partial charge in [0.25, 0.3) is 0 Å². The maximum atomic E-state index is 5.93. The van der Waals surface area contributed by atoms with Crippen LogP contribution >= 0.6 is 0 Å². The van der Waals surface area contributed by atoms with Crippen molar-refractivity contribution in [2.75, 3.05) is 0 Å². The third-order valence-electron chi connectivity index (χ3n) is 4.97. The summed E-state index contributed by atoms with van der Waals surface area (Å²) in [6.07, 6.45) is 0. The maximum Gasteiger partial charge on any atom is 0.155 e. The van der Waals surface area contributed by atoms with Crippen molar-refractivity contribution in [3.8, 4) is 11.3 Å². The first kappa shape index (κ1) is 14.5. The molecule has 4 heteroatoms. The Labute approximate surface area is 154 Å². The fraction of sp³-hybridized carbons (Fsp3) is 0.0435. The van der Waals surface area contributed by atoms with Crippen LogP contribution in [-0.2, 0) is 0 Å². The van der Waals surface area contributed by atoms with Crippen LogP contribution in [0.3, 0.4) is 0 Å². The Kier molecular flexibility index (Phi) is 2.78. The smallest absolute Gasteiger partial charge is 0.155 e. The molecule has 0 aliphatic heterocycles. The third kappa shape index (κ3) is 2.10. The van der Waals surface area contributed by atoms with Gasteiger partial charge in [-0.05, 0) is 55.5 Å². The van der Waals surface area contributed by atoms with Gasteiger partial charge in [0.05, 0.1) is 5.69 Å². The summed E-state index contributed by atoms with van der Waals surface area (Å²) < 4.78 is 11.8. The van der Waals surface area contributed by atoms with E-state index in [-0.39, 0.29) is 0 Å². The Morgan fingerprint density at radius 2 is 1.33 bits per heavy atom. The lowest BCUT2D eigenvalue weighted by molar-refractivity contribution is 0.667. The standard InChI is InChI=1S/C23H14N2O2/c1-13-6-9-20-22(24-13)23-21(27-20)11-8-17(25-23)14-7-10-19-16(12-14)15-4-2-3-5-18(15)26-19/h2-12H,1H3. The van der Waals surface area contributed by atoms with Gasteiger partial charge in [-0.25, -0.2) is 9.97 Å². The van der Waals surface area contributed by atoms with Crippen LogP contribution in [0, 0.1) is 6.92 Å². The van der Waals surface area contributed by atoms with E-state index in [0.29, 0.717) is 0 Å². The van der Waals surface area contributed by atoms with Gasteiger partial charge in [0.15, 0.2) is 11.2 Å². The number of aromatic nitrogens is 2. The summed E-state index contributed by atoms with van der Waals surface area (Å²) in [5.41, 5.74) is 7.77. The number of hydrogen-bond acceptors (Lipinski definition) is 4. The van der Waals surface area contributed by atoms with E-state index in [4.69, 9.17) is 13.8 Å². The first-order valence-corrected chi connectivity index (χ1v) is 8.85. The summed E-state index contributed by atoms with van der Waals surface area (Å²) in [5, 5.41) is 2.21. The highest BCUT2D eigenvalue weighted by atomic mass is 16.3. The Morgan fingerprint density at radius 1 is 0.630 bits per heavy atom. The molecule has 0 spiro atoms. The van der Waals surface area contributed by atoms with Crippen molar-refractivity contribution in [3.05, 3.63) is 72.4 Å². The molecule has 4 heterocycles. The number of pyridine rings is 2. The quantitative estimate of drug-likeness (QED) is 0.352. The third-order valence-corrected chi connectivity index (χ3v) is 4.97. The van der Waals surface area contributed by atoms with Crippen molar-refractivity contribution in [2.45, 2.75) is 6.92 Å². The van der Waals surface area contributed by atoms with E-state index in [0.717, 1.165) is 61.1 Å². The molecule has 2 aromatic carbocycles. The predicted molar refractivity (Wildman–Crippen MR) is 107 cm³/mol. The number of rotatable bonds is 1. The topological polar surface area (TPSA) is 52.1 Å². The lowest BCUT2D eigenvalue weighted by Crippen LogP contribution is -1.85. The zero-order valence-electron chi connectivity index (χ0n) is 14.6. The van der Waals surface area contributed by atoms with Gasteiger partial charge < -0.3 is 8.83 Å². The van der Waals surface area contributed by atoms with Crippen LogP contribution in [0.5, 0.6) is 0 Å². The molecule has 27 heavy (non-hydrogen) atoms. The van der Waals surface area contributed by atoms with Gasteiger partial charge in [0.1, 0.15) is 22.2 Å². The first-order valence-electron chi connectivity index (χ1n) is 8.85. The van der Waals surface area contributed by atoms with Crippen molar-refractivity contribution in [2.24, 2.45) is 0 Å². The van der Waals surface area contributed by atoms with E-state index in [1.54, 1.807) is 0 Å². The molecule has 0 fully saturated rings. The first-order chi connectivity index (χ1) is 13.3. The zero-order valence-corrected chi connectivity index (χ0v) is 14.6. The number of para-hydroxylation sites is 1. The molecule has 0 unspecified atom stereocenters. The molecule has 0 radical (unpaired) electrons. The number of hydrogen-bond donors (Lipinski definition) is 0. The van der Waals surface area contributed by atoms with Gasteiger partial charge in [-0.1, -0.05) is 18.2 Å². The molecule has 0 saturated heterocycles. The Bertz CT molecular complexity index is 1490. The van der Waals surface area contributed by atoms with Crippen LogP contribution in [0.4, 0.5) is 0 Å². The second-order valence-electron chi connectivity index (χ2n) is 6.75. The van der Waals surface area contributed by atoms with E-state index in [1.165, 1.54) is 0 Å². The van der Waals surface area contributed by atoms with Crippen molar-refractivity contribution >= 4 is 44.1 Å². The summed E-state index contributed by atoms with van der Waals surface area (Å²) in [5.74, 6) is 0. The predicted octanol–water partition coefficient (Wildman–Crippen LogP) is 6.25. The average molecular weight is 350 g/mol. The number of benzene rings is 2. The van der Waals surface area contributed by atoms with Gasteiger partial charge in [-0.3, -0.25) is 0 Å². The summed E-state index contributed by atoms with van der Waals surface area (Å²) in [4.78, 5) is 9.47. The largest absolute Gasteiger partial charge is 0.456 e. The second-order valence-corrected chi connectivity index (χ2v) is 6.75. The Balaban J connectivity index is 1.61. The van der Waals surface area contributed by atoms with E-state index in [2.05, 4.69) is 17.1 Å². The summed E-state index contributed by atoms with van der Waals surface area (Å²) in [7, 11) is 0. The minimum atomic E-state index is 0.752. The highest BCUT2D eigenvalue weighted by Crippen LogP contribution is 2.33. The van der Waals surface area contributed by atoms with Gasteiger partial charge in [-0.2, -0.15) is 0 Å². The SMILES string of the molecule is Cc1ccc2oc3ccc(-c4ccc5oc6ccccc6c5c4)nc3c2n1. The van der Waals surface area contributed by atoms with Gasteiger partial charge in [0.2, 0.25) is 0 Å². The number of nitrogens with zero attached hydrogens (tertiary/aromatic N) is 2. The van der Waals surface area contributed by atoms with E-state index in [9.17, 15) is 0 Å². The monoisotopic (exact) mass is 350 g/mol. The molecule has 4 nitrogen and oxygen atoms in total. The molecule has 4 aromatic heterocycles. The Hall–Kier alpha value is -3.66. The highest BCUT2D eigenvalue weighted by molar-refractivity contribution is 6.06. The molecule has 0 aliphatic rings. The summed E-state index contributed by atoms with van der Waals surface area (Å²) >= 11 is 0. The maximum absolute atomic E-state index is 5.93. The molecule has 0 amide bonds. The van der Waals surface area contributed by atoms with Crippen LogP contribution in [0.15, 0.2) is 75.6 Å². The second kappa shape index (κ2) is 5.17. The lowest BCUT2D eigenvalue weighted by Gasteiger charge is -2.01. The lowest BCUT2D eigenvalue weighted by atomic mass is 10.1. The van der Waals surface area contributed by atoms with E-state index in [1.807, 2.05) is 61.5 Å². The normalized spacial score (nSPS) is 11.9. The average Bonchev–Trinajstić information content (AvgIpc) is 3.25. The van der Waals surface area contributed by atoms with Crippen LogP contribution in [0.2, 0.25) is 0 Å². The number of furan rings is 2. The van der Waals surface area contributed by atoms with Gasteiger partial charge in [0, 0.05) is 22.0 Å². The molecular formula is C23H14N2O2. The van der Waals surface area contributed by atoms with Crippen molar-refractivity contribution < 1.29 is 8.83 Å². The van der Waals surface area contributed by atoms with Crippen LogP contribution in [0.1, 0.15) is 5.69 Å². The summed E-state index contributed by atoms with van der Waals surface area (Å²) in [6, 6.07) is 22.1. The molecule has 0 N–H and O–H groups in total. The molecule has 6 aromatic rings. The van der Waals surface area contributed by atoms with Crippen LogP contribution in [-0.4, -0.2) is 9.97 Å². The molecular weight excluding hydrogens is 336 g/mol. The molecule has 0 saturated carbocycles. The van der Waals surface area contributed by atoms with Crippen LogP contribution < -0.4 is 0 Å². The van der Waals surface area contributed by atoms with Gasteiger partial charge in [-0.15, -0.1) is 0 Å². The fourth-order valence-corrected chi connectivity index (χ4v) is 3.66.